The Morgan fingerprint density at radius 1 is 1.56 bits per heavy atom. The summed E-state index contributed by atoms with van der Waals surface area (Å²) in [4.78, 5) is 13.7. The van der Waals surface area contributed by atoms with Gasteiger partial charge in [0.1, 0.15) is 5.54 Å². The normalized spacial score (nSPS) is 31.0. The molecular formula is C13H25NO2. The molecule has 0 aromatic rings. The molecule has 1 aliphatic rings. The Morgan fingerprint density at radius 3 is 2.62 bits per heavy atom. The number of aliphatic carboxylic acids is 1. The van der Waals surface area contributed by atoms with Gasteiger partial charge >= 0.3 is 5.97 Å². The molecule has 3 nitrogen and oxygen atoms in total. The average molecular weight is 227 g/mol. The van der Waals surface area contributed by atoms with Crippen molar-refractivity contribution >= 4 is 5.97 Å². The van der Waals surface area contributed by atoms with Crippen molar-refractivity contribution in [3.63, 3.8) is 0 Å². The predicted octanol–water partition coefficient (Wildman–Crippen LogP) is 2.61. The highest BCUT2D eigenvalue weighted by Gasteiger charge is 2.45. The zero-order valence-corrected chi connectivity index (χ0v) is 11.0. The molecule has 1 saturated carbocycles. The van der Waals surface area contributed by atoms with Crippen LogP contribution in [0, 0.1) is 11.8 Å². The SMILES string of the molecule is CC(C)CN(C)C1(C(=O)O)CCCC(C)C1. The third kappa shape index (κ3) is 2.76. The van der Waals surface area contributed by atoms with Gasteiger partial charge in [-0.15, -0.1) is 0 Å². The minimum atomic E-state index is -0.637. The fourth-order valence-corrected chi connectivity index (χ4v) is 2.95. The minimum absolute atomic E-state index is 0.512. The molecule has 1 rings (SSSR count). The van der Waals surface area contributed by atoms with Gasteiger partial charge in [0.05, 0.1) is 0 Å². The highest BCUT2D eigenvalue weighted by atomic mass is 16.4. The molecule has 0 bridgehead atoms. The standard InChI is InChI=1S/C13H25NO2/c1-10(2)9-14(4)13(12(15)16)7-5-6-11(3)8-13/h10-11H,5-9H2,1-4H3,(H,15,16). The molecule has 94 valence electrons. The summed E-state index contributed by atoms with van der Waals surface area (Å²) >= 11 is 0. The third-order valence-corrected chi connectivity index (χ3v) is 3.74. The maximum atomic E-state index is 11.6. The zero-order chi connectivity index (χ0) is 12.3. The van der Waals surface area contributed by atoms with E-state index in [-0.39, 0.29) is 0 Å². The molecule has 0 aromatic carbocycles. The molecule has 0 spiro atoms. The van der Waals surface area contributed by atoms with E-state index >= 15 is 0 Å². The second-order valence-corrected chi connectivity index (χ2v) is 5.81. The highest BCUT2D eigenvalue weighted by molar-refractivity contribution is 5.79. The van der Waals surface area contributed by atoms with Crippen molar-refractivity contribution in [3.8, 4) is 0 Å². The fraction of sp³-hybridized carbons (Fsp3) is 0.923. The fourth-order valence-electron chi connectivity index (χ4n) is 2.95. The van der Waals surface area contributed by atoms with E-state index in [0.29, 0.717) is 11.8 Å². The molecule has 1 aliphatic carbocycles. The van der Waals surface area contributed by atoms with Gasteiger partial charge in [-0.1, -0.05) is 33.6 Å². The zero-order valence-electron chi connectivity index (χ0n) is 11.0. The van der Waals surface area contributed by atoms with E-state index in [4.69, 9.17) is 0 Å². The van der Waals surface area contributed by atoms with Crippen molar-refractivity contribution in [1.29, 1.82) is 0 Å². The molecule has 1 N–H and O–H groups in total. The average Bonchev–Trinajstić information content (AvgIpc) is 2.16. The number of likely N-dealkylation sites (N-methyl/N-ethyl adjacent to an activating group) is 1. The third-order valence-electron chi connectivity index (χ3n) is 3.74. The Kier molecular flexibility index (Phi) is 4.36. The van der Waals surface area contributed by atoms with Gasteiger partial charge in [0.25, 0.3) is 0 Å². The van der Waals surface area contributed by atoms with Crippen molar-refractivity contribution < 1.29 is 9.90 Å². The van der Waals surface area contributed by atoms with Crippen LogP contribution < -0.4 is 0 Å². The number of nitrogens with zero attached hydrogens (tertiary/aromatic N) is 1. The van der Waals surface area contributed by atoms with Crippen molar-refractivity contribution in [3.05, 3.63) is 0 Å². The molecule has 0 saturated heterocycles. The lowest BCUT2D eigenvalue weighted by molar-refractivity contribution is -0.154. The maximum absolute atomic E-state index is 11.6. The Balaban J connectivity index is 2.83. The number of carbonyl (C=O) groups is 1. The minimum Gasteiger partial charge on any atom is -0.480 e. The molecule has 0 heterocycles. The monoisotopic (exact) mass is 227 g/mol. The summed E-state index contributed by atoms with van der Waals surface area (Å²) in [5, 5.41) is 9.55. The van der Waals surface area contributed by atoms with E-state index in [0.717, 1.165) is 25.8 Å². The summed E-state index contributed by atoms with van der Waals surface area (Å²) in [5.74, 6) is 0.403. The summed E-state index contributed by atoms with van der Waals surface area (Å²) < 4.78 is 0. The number of hydrogen-bond donors (Lipinski definition) is 1. The summed E-state index contributed by atoms with van der Waals surface area (Å²) in [6.07, 6.45) is 3.81. The van der Waals surface area contributed by atoms with Gasteiger partial charge in [-0.05, 0) is 31.7 Å². The predicted molar refractivity (Wildman–Crippen MR) is 65.5 cm³/mol. The van der Waals surface area contributed by atoms with Gasteiger partial charge in [0.15, 0.2) is 0 Å². The molecular weight excluding hydrogens is 202 g/mol. The number of rotatable bonds is 4. The first-order valence-electron chi connectivity index (χ1n) is 6.33. The van der Waals surface area contributed by atoms with Crippen LogP contribution in [0.2, 0.25) is 0 Å². The molecule has 2 atom stereocenters. The van der Waals surface area contributed by atoms with Crippen LogP contribution in [-0.2, 0) is 4.79 Å². The molecule has 16 heavy (non-hydrogen) atoms. The Bertz CT molecular complexity index is 252. The van der Waals surface area contributed by atoms with Crippen molar-refractivity contribution in [2.24, 2.45) is 11.8 Å². The van der Waals surface area contributed by atoms with Crippen LogP contribution in [-0.4, -0.2) is 35.1 Å². The quantitative estimate of drug-likeness (QED) is 0.802. The Hall–Kier alpha value is -0.570. The second-order valence-electron chi connectivity index (χ2n) is 5.81. The largest absolute Gasteiger partial charge is 0.480 e. The second kappa shape index (κ2) is 5.17. The smallest absolute Gasteiger partial charge is 0.324 e. The summed E-state index contributed by atoms with van der Waals surface area (Å²) in [5.41, 5.74) is -0.609. The molecule has 0 amide bonds. The first kappa shape index (κ1) is 13.5. The van der Waals surface area contributed by atoms with E-state index in [9.17, 15) is 9.90 Å². The van der Waals surface area contributed by atoms with Crippen LogP contribution in [0.15, 0.2) is 0 Å². The van der Waals surface area contributed by atoms with Crippen LogP contribution in [0.5, 0.6) is 0 Å². The van der Waals surface area contributed by atoms with E-state index < -0.39 is 11.5 Å². The Morgan fingerprint density at radius 2 is 2.19 bits per heavy atom. The van der Waals surface area contributed by atoms with E-state index in [1.807, 2.05) is 7.05 Å². The Labute approximate surface area is 98.8 Å². The van der Waals surface area contributed by atoms with Crippen LogP contribution in [0.25, 0.3) is 0 Å². The van der Waals surface area contributed by atoms with Gasteiger partial charge < -0.3 is 5.11 Å². The maximum Gasteiger partial charge on any atom is 0.324 e. The van der Waals surface area contributed by atoms with Crippen LogP contribution in [0.3, 0.4) is 0 Å². The van der Waals surface area contributed by atoms with E-state index in [1.54, 1.807) is 0 Å². The first-order chi connectivity index (χ1) is 7.38. The molecule has 2 unspecified atom stereocenters. The molecule has 1 fully saturated rings. The van der Waals surface area contributed by atoms with Gasteiger partial charge in [-0.3, -0.25) is 9.69 Å². The van der Waals surface area contributed by atoms with Crippen LogP contribution in [0.1, 0.15) is 46.5 Å². The van der Waals surface area contributed by atoms with Gasteiger partial charge in [-0.25, -0.2) is 0 Å². The number of carboxylic acid groups (broad SMARTS) is 1. The van der Waals surface area contributed by atoms with E-state index in [1.165, 1.54) is 6.42 Å². The summed E-state index contributed by atoms with van der Waals surface area (Å²) in [6.45, 7) is 7.30. The van der Waals surface area contributed by atoms with Gasteiger partial charge in [0.2, 0.25) is 0 Å². The lowest BCUT2D eigenvalue weighted by atomic mass is 9.75. The summed E-state index contributed by atoms with van der Waals surface area (Å²) in [6, 6.07) is 0. The molecule has 3 heteroatoms. The van der Waals surface area contributed by atoms with Crippen LogP contribution >= 0.6 is 0 Å². The van der Waals surface area contributed by atoms with E-state index in [2.05, 4.69) is 25.7 Å². The van der Waals surface area contributed by atoms with Crippen LogP contribution in [0.4, 0.5) is 0 Å². The lowest BCUT2D eigenvalue weighted by Gasteiger charge is -2.43. The van der Waals surface area contributed by atoms with Crippen molar-refractivity contribution in [2.75, 3.05) is 13.6 Å². The molecule has 0 radical (unpaired) electrons. The molecule has 0 aromatic heterocycles. The number of carboxylic acids is 1. The molecule has 0 aliphatic heterocycles. The number of hydrogen-bond acceptors (Lipinski definition) is 2. The van der Waals surface area contributed by atoms with Gasteiger partial charge in [-0.2, -0.15) is 0 Å². The van der Waals surface area contributed by atoms with Crippen molar-refractivity contribution in [2.45, 2.75) is 52.0 Å². The first-order valence-corrected chi connectivity index (χ1v) is 6.33. The van der Waals surface area contributed by atoms with Crippen molar-refractivity contribution in [1.82, 2.24) is 4.90 Å². The topological polar surface area (TPSA) is 40.5 Å². The summed E-state index contributed by atoms with van der Waals surface area (Å²) in [7, 11) is 1.96. The van der Waals surface area contributed by atoms with Gasteiger partial charge in [0, 0.05) is 6.54 Å². The highest BCUT2D eigenvalue weighted by Crippen LogP contribution is 2.36. The lowest BCUT2D eigenvalue weighted by Crippen LogP contribution is -2.56.